The van der Waals surface area contributed by atoms with Gasteiger partial charge in [-0.15, -0.1) is 11.3 Å². The molecule has 0 unspecified atom stereocenters. The van der Waals surface area contributed by atoms with Crippen molar-refractivity contribution in [1.29, 1.82) is 0 Å². The Morgan fingerprint density at radius 1 is 1.03 bits per heavy atom. The normalized spacial score (nSPS) is 14.9. The van der Waals surface area contributed by atoms with Gasteiger partial charge in [0.1, 0.15) is 10.8 Å². The van der Waals surface area contributed by atoms with E-state index in [0.717, 1.165) is 60.1 Å². The predicted molar refractivity (Wildman–Crippen MR) is 115 cm³/mol. The smallest absolute Gasteiger partial charge is 0.253 e. The molecule has 1 aliphatic heterocycles. The highest BCUT2D eigenvalue weighted by Crippen LogP contribution is 2.23. The van der Waals surface area contributed by atoms with Gasteiger partial charge in [-0.2, -0.15) is 0 Å². The average Bonchev–Trinajstić information content (AvgIpc) is 3.19. The van der Waals surface area contributed by atoms with Gasteiger partial charge in [0, 0.05) is 42.7 Å². The van der Waals surface area contributed by atoms with E-state index in [0.29, 0.717) is 0 Å². The molecule has 0 bridgehead atoms. The first kappa shape index (κ1) is 19.7. The van der Waals surface area contributed by atoms with Crippen LogP contribution in [0.4, 0.5) is 4.39 Å². The first-order valence-corrected chi connectivity index (χ1v) is 10.7. The van der Waals surface area contributed by atoms with Crippen molar-refractivity contribution in [2.45, 2.75) is 20.4 Å². The van der Waals surface area contributed by atoms with Crippen molar-refractivity contribution in [3.8, 4) is 11.3 Å². The molecule has 0 radical (unpaired) electrons. The van der Waals surface area contributed by atoms with Crippen molar-refractivity contribution in [1.82, 2.24) is 14.8 Å². The fourth-order valence-corrected chi connectivity index (χ4v) is 4.34. The third kappa shape index (κ3) is 4.54. The molecular formula is C23H24FN3OS. The molecule has 0 N–H and O–H groups in total. The van der Waals surface area contributed by atoms with Crippen molar-refractivity contribution in [3.05, 3.63) is 75.4 Å². The van der Waals surface area contributed by atoms with Crippen molar-refractivity contribution < 1.29 is 9.18 Å². The fourth-order valence-electron chi connectivity index (χ4n) is 3.49. The van der Waals surface area contributed by atoms with E-state index in [4.69, 9.17) is 4.98 Å². The summed E-state index contributed by atoms with van der Waals surface area (Å²) in [6.45, 7) is 7.99. The summed E-state index contributed by atoms with van der Waals surface area (Å²) in [7, 11) is 0. The van der Waals surface area contributed by atoms with Crippen LogP contribution in [0.5, 0.6) is 0 Å². The highest BCUT2D eigenvalue weighted by molar-refractivity contribution is 7.09. The monoisotopic (exact) mass is 409 g/mol. The van der Waals surface area contributed by atoms with E-state index in [1.54, 1.807) is 23.5 Å². The summed E-state index contributed by atoms with van der Waals surface area (Å²) in [5.74, 6) is -0.127. The number of nitrogens with zero attached hydrogens (tertiary/aromatic N) is 3. The first-order chi connectivity index (χ1) is 14.0. The summed E-state index contributed by atoms with van der Waals surface area (Å²) in [5.41, 5.74) is 4.93. The van der Waals surface area contributed by atoms with Crippen molar-refractivity contribution >= 4 is 17.2 Å². The lowest BCUT2D eigenvalue weighted by molar-refractivity contribution is 0.0628. The summed E-state index contributed by atoms with van der Waals surface area (Å²) in [4.78, 5) is 21.7. The van der Waals surface area contributed by atoms with Crippen LogP contribution in [-0.2, 0) is 6.54 Å². The van der Waals surface area contributed by atoms with Gasteiger partial charge in [-0.1, -0.05) is 6.07 Å². The topological polar surface area (TPSA) is 36.4 Å². The Hall–Kier alpha value is -2.57. The molecule has 1 aromatic heterocycles. The van der Waals surface area contributed by atoms with Crippen LogP contribution >= 0.6 is 11.3 Å². The van der Waals surface area contributed by atoms with Gasteiger partial charge in [0.05, 0.1) is 12.2 Å². The van der Waals surface area contributed by atoms with Crippen LogP contribution in [0.25, 0.3) is 11.3 Å². The molecule has 150 valence electrons. The Morgan fingerprint density at radius 2 is 1.76 bits per heavy atom. The summed E-state index contributed by atoms with van der Waals surface area (Å²) < 4.78 is 13.1. The number of halogens is 1. The van der Waals surface area contributed by atoms with E-state index in [9.17, 15) is 9.18 Å². The van der Waals surface area contributed by atoms with Gasteiger partial charge < -0.3 is 4.90 Å². The molecule has 6 heteroatoms. The Labute approximate surface area is 174 Å². The molecule has 1 fully saturated rings. The molecule has 2 heterocycles. The molecule has 0 spiro atoms. The summed E-state index contributed by atoms with van der Waals surface area (Å²) in [6, 6.07) is 12.3. The van der Waals surface area contributed by atoms with E-state index < -0.39 is 0 Å². The van der Waals surface area contributed by atoms with Gasteiger partial charge in [-0.05, 0) is 61.4 Å². The van der Waals surface area contributed by atoms with Crippen LogP contribution in [0.15, 0.2) is 47.8 Å². The van der Waals surface area contributed by atoms with E-state index >= 15 is 0 Å². The first-order valence-electron chi connectivity index (χ1n) is 9.79. The maximum Gasteiger partial charge on any atom is 0.253 e. The number of benzene rings is 2. The lowest BCUT2D eigenvalue weighted by atomic mass is 10.1. The number of hydrogen-bond acceptors (Lipinski definition) is 4. The standard InChI is InChI=1S/C23H24FN3OS/c1-16-3-4-19(13-17(16)2)23(28)27-11-9-26(10-12-27)14-22-25-21(15-29-22)18-5-7-20(24)8-6-18/h3-8,13,15H,9-12,14H2,1-2H3. The zero-order chi connectivity index (χ0) is 20.4. The number of thiazole rings is 1. The minimum atomic E-state index is -0.239. The second kappa shape index (κ2) is 8.43. The molecule has 3 aromatic rings. The Morgan fingerprint density at radius 3 is 2.45 bits per heavy atom. The van der Waals surface area contributed by atoms with Gasteiger partial charge in [-0.3, -0.25) is 9.69 Å². The summed E-state index contributed by atoms with van der Waals surface area (Å²) >= 11 is 1.62. The van der Waals surface area contributed by atoms with E-state index in [-0.39, 0.29) is 11.7 Å². The number of aromatic nitrogens is 1. The number of amides is 1. The maximum absolute atomic E-state index is 13.1. The number of piperazine rings is 1. The lowest BCUT2D eigenvalue weighted by Gasteiger charge is -2.34. The molecule has 29 heavy (non-hydrogen) atoms. The largest absolute Gasteiger partial charge is 0.336 e. The zero-order valence-electron chi connectivity index (χ0n) is 16.7. The van der Waals surface area contributed by atoms with Gasteiger partial charge in [-0.25, -0.2) is 9.37 Å². The van der Waals surface area contributed by atoms with Crippen molar-refractivity contribution in [2.75, 3.05) is 26.2 Å². The molecule has 1 aliphatic rings. The van der Waals surface area contributed by atoms with E-state index in [1.165, 1.54) is 17.7 Å². The lowest BCUT2D eigenvalue weighted by Crippen LogP contribution is -2.48. The molecule has 1 saturated heterocycles. The third-order valence-corrected chi connectivity index (χ3v) is 6.30. The van der Waals surface area contributed by atoms with Crippen LogP contribution in [0.2, 0.25) is 0 Å². The highest BCUT2D eigenvalue weighted by Gasteiger charge is 2.23. The van der Waals surface area contributed by atoms with Crippen LogP contribution in [0.1, 0.15) is 26.5 Å². The van der Waals surface area contributed by atoms with Crippen LogP contribution < -0.4 is 0 Å². The number of hydrogen-bond donors (Lipinski definition) is 0. The quantitative estimate of drug-likeness (QED) is 0.636. The van der Waals surface area contributed by atoms with E-state index in [1.807, 2.05) is 35.4 Å². The van der Waals surface area contributed by atoms with Gasteiger partial charge in [0.25, 0.3) is 5.91 Å². The van der Waals surface area contributed by atoms with Crippen LogP contribution in [0.3, 0.4) is 0 Å². The minimum absolute atomic E-state index is 0.112. The van der Waals surface area contributed by atoms with Crippen LogP contribution in [0, 0.1) is 19.7 Å². The number of carbonyl (C=O) groups is 1. The van der Waals surface area contributed by atoms with Crippen LogP contribution in [-0.4, -0.2) is 46.9 Å². The molecule has 4 nitrogen and oxygen atoms in total. The average molecular weight is 410 g/mol. The minimum Gasteiger partial charge on any atom is -0.336 e. The van der Waals surface area contributed by atoms with E-state index in [2.05, 4.69) is 11.8 Å². The highest BCUT2D eigenvalue weighted by atomic mass is 32.1. The molecule has 0 aliphatic carbocycles. The zero-order valence-corrected chi connectivity index (χ0v) is 17.5. The number of carbonyl (C=O) groups excluding carboxylic acids is 1. The molecule has 0 atom stereocenters. The second-order valence-corrected chi connectivity index (χ2v) is 8.44. The van der Waals surface area contributed by atoms with Gasteiger partial charge >= 0.3 is 0 Å². The Kier molecular flexibility index (Phi) is 5.74. The maximum atomic E-state index is 13.1. The van der Waals surface area contributed by atoms with Gasteiger partial charge in [0.15, 0.2) is 0 Å². The molecular weight excluding hydrogens is 385 g/mol. The molecule has 1 amide bonds. The van der Waals surface area contributed by atoms with Crippen molar-refractivity contribution in [3.63, 3.8) is 0 Å². The number of rotatable bonds is 4. The third-order valence-electron chi connectivity index (χ3n) is 5.46. The predicted octanol–water partition coefficient (Wildman–Crippen LogP) is 4.52. The summed E-state index contributed by atoms with van der Waals surface area (Å²) in [6.07, 6.45) is 0. The Bertz CT molecular complexity index is 1010. The SMILES string of the molecule is Cc1ccc(C(=O)N2CCN(Cc3nc(-c4ccc(F)cc4)cs3)CC2)cc1C. The molecule has 0 saturated carbocycles. The van der Waals surface area contributed by atoms with Crippen molar-refractivity contribution in [2.24, 2.45) is 0 Å². The Balaban J connectivity index is 1.33. The molecule has 2 aromatic carbocycles. The number of aryl methyl sites for hydroxylation is 2. The summed E-state index contributed by atoms with van der Waals surface area (Å²) in [5, 5.41) is 3.06. The molecule has 4 rings (SSSR count). The second-order valence-electron chi connectivity index (χ2n) is 7.50. The fraction of sp³-hybridized carbons (Fsp3) is 0.304. The van der Waals surface area contributed by atoms with Gasteiger partial charge in [0.2, 0.25) is 0 Å².